The van der Waals surface area contributed by atoms with Crippen LogP contribution in [0.5, 0.6) is 0 Å². The highest BCUT2D eigenvalue weighted by Crippen LogP contribution is 2.05. The van der Waals surface area contributed by atoms with Gasteiger partial charge in [-0.25, -0.2) is 0 Å². The van der Waals surface area contributed by atoms with Gasteiger partial charge in [0, 0.05) is 6.21 Å². The standard InChI is InChI=1S/C6H9BrN2/c1-2-5(3-4-8)6(7)9/h3-4,8-9H,2H2,1H3/b5-3-,8-4?,9-6?. The molecule has 0 spiro atoms. The van der Waals surface area contributed by atoms with E-state index in [0.29, 0.717) is 4.62 Å². The Morgan fingerprint density at radius 3 is 2.33 bits per heavy atom. The maximum absolute atomic E-state index is 7.10. The summed E-state index contributed by atoms with van der Waals surface area (Å²) in [6, 6.07) is 0. The molecule has 0 amide bonds. The summed E-state index contributed by atoms with van der Waals surface area (Å²) in [6.07, 6.45) is 3.59. The molecule has 2 nitrogen and oxygen atoms in total. The highest BCUT2D eigenvalue weighted by molar-refractivity contribution is 9.18. The monoisotopic (exact) mass is 188 g/mol. The minimum atomic E-state index is 0.369. The van der Waals surface area contributed by atoms with E-state index < -0.39 is 0 Å². The second kappa shape index (κ2) is 4.44. The van der Waals surface area contributed by atoms with E-state index in [9.17, 15) is 0 Å². The van der Waals surface area contributed by atoms with Gasteiger partial charge in [-0.2, -0.15) is 0 Å². The average Bonchev–Trinajstić information content (AvgIpc) is 1.82. The second-order valence-electron chi connectivity index (χ2n) is 1.53. The molecule has 0 saturated heterocycles. The average molecular weight is 189 g/mol. The predicted molar refractivity (Wildman–Crippen MR) is 43.8 cm³/mol. The summed E-state index contributed by atoms with van der Waals surface area (Å²) < 4.78 is 0.369. The van der Waals surface area contributed by atoms with Crippen LogP contribution in [0.1, 0.15) is 13.3 Å². The summed E-state index contributed by atoms with van der Waals surface area (Å²) in [7, 11) is 0. The molecule has 2 N–H and O–H groups in total. The van der Waals surface area contributed by atoms with E-state index in [2.05, 4.69) is 15.9 Å². The first-order valence-electron chi connectivity index (χ1n) is 2.66. The molecule has 0 saturated carbocycles. The van der Waals surface area contributed by atoms with Crippen LogP contribution in [0.25, 0.3) is 0 Å². The lowest BCUT2D eigenvalue weighted by atomic mass is 10.2. The van der Waals surface area contributed by atoms with Crippen molar-refractivity contribution in [3.05, 3.63) is 11.6 Å². The number of hydrogen-bond acceptors (Lipinski definition) is 2. The van der Waals surface area contributed by atoms with Crippen LogP contribution in [-0.2, 0) is 0 Å². The summed E-state index contributed by atoms with van der Waals surface area (Å²) in [5, 5.41) is 13.8. The Bertz CT molecular complexity index is 149. The summed E-state index contributed by atoms with van der Waals surface area (Å²) in [5.41, 5.74) is 0.852. The van der Waals surface area contributed by atoms with E-state index in [1.165, 1.54) is 6.21 Å². The Morgan fingerprint density at radius 2 is 2.22 bits per heavy atom. The van der Waals surface area contributed by atoms with Gasteiger partial charge in [0.1, 0.15) is 0 Å². The van der Waals surface area contributed by atoms with Gasteiger partial charge in [-0.15, -0.1) is 0 Å². The summed E-state index contributed by atoms with van der Waals surface area (Å²) in [4.78, 5) is 0. The topological polar surface area (TPSA) is 47.7 Å². The molecule has 0 aliphatic carbocycles. The Hall–Kier alpha value is -0.440. The van der Waals surface area contributed by atoms with Gasteiger partial charge in [0.15, 0.2) is 0 Å². The van der Waals surface area contributed by atoms with Crippen molar-refractivity contribution in [3.63, 3.8) is 0 Å². The van der Waals surface area contributed by atoms with Crippen molar-refractivity contribution in [2.24, 2.45) is 0 Å². The fourth-order valence-electron chi connectivity index (χ4n) is 0.447. The van der Waals surface area contributed by atoms with Gasteiger partial charge in [-0.3, -0.25) is 5.41 Å². The van der Waals surface area contributed by atoms with Crippen molar-refractivity contribution in [1.82, 2.24) is 0 Å². The third kappa shape index (κ3) is 3.19. The van der Waals surface area contributed by atoms with E-state index in [0.717, 1.165) is 12.0 Å². The first-order chi connectivity index (χ1) is 4.22. The molecule has 9 heavy (non-hydrogen) atoms. The minimum absolute atomic E-state index is 0.369. The number of nitrogens with one attached hydrogen (secondary N) is 2. The van der Waals surface area contributed by atoms with E-state index >= 15 is 0 Å². The Kier molecular flexibility index (Phi) is 4.22. The third-order valence-electron chi connectivity index (χ3n) is 0.947. The van der Waals surface area contributed by atoms with Crippen LogP contribution in [0.2, 0.25) is 0 Å². The molecule has 0 bridgehead atoms. The molecular formula is C6H9BrN2. The lowest BCUT2D eigenvalue weighted by molar-refractivity contribution is 1.18. The van der Waals surface area contributed by atoms with Gasteiger partial charge in [0.05, 0.1) is 4.62 Å². The summed E-state index contributed by atoms with van der Waals surface area (Å²) in [6.45, 7) is 1.95. The van der Waals surface area contributed by atoms with Crippen LogP contribution in [-0.4, -0.2) is 10.8 Å². The SMILES string of the molecule is CC/C(=C/C=N)C(=N)Br. The van der Waals surface area contributed by atoms with E-state index in [-0.39, 0.29) is 0 Å². The van der Waals surface area contributed by atoms with Gasteiger partial charge in [-0.1, -0.05) is 6.92 Å². The Morgan fingerprint density at radius 1 is 1.67 bits per heavy atom. The predicted octanol–water partition coefficient (Wildman–Crippen LogP) is 2.34. The molecule has 0 aromatic carbocycles. The molecule has 0 heterocycles. The largest absolute Gasteiger partial charge is 0.309 e. The lowest BCUT2D eigenvalue weighted by Gasteiger charge is -1.94. The second-order valence-corrected chi connectivity index (χ2v) is 2.32. The quantitative estimate of drug-likeness (QED) is 0.640. The van der Waals surface area contributed by atoms with Crippen LogP contribution in [0, 0.1) is 10.8 Å². The first kappa shape index (κ1) is 8.56. The van der Waals surface area contributed by atoms with Gasteiger partial charge >= 0.3 is 0 Å². The van der Waals surface area contributed by atoms with E-state index in [4.69, 9.17) is 10.8 Å². The molecular weight excluding hydrogens is 180 g/mol. The number of rotatable bonds is 3. The molecule has 0 aliphatic heterocycles. The molecule has 0 unspecified atom stereocenters. The zero-order valence-corrected chi connectivity index (χ0v) is 6.83. The van der Waals surface area contributed by atoms with Crippen molar-refractivity contribution in [2.45, 2.75) is 13.3 Å². The highest BCUT2D eigenvalue weighted by atomic mass is 79.9. The number of allylic oxidation sites excluding steroid dienone is 2. The molecule has 0 atom stereocenters. The fourth-order valence-corrected chi connectivity index (χ4v) is 0.859. The molecule has 0 rings (SSSR count). The van der Waals surface area contributed by atoms with Crippen molar-refractivity contribution in [3.8, 4) is 0 Å². The zero-order valence-electron chi connectivity index (χ0n) is 5.24. The lowest BCUT2D eigenvalue weighted by Crippen LogP contribution is -1.89. The van der Waals surface area contributed by atoms with Crippen LogP contribution >= 0.6 is 15.9 Å². The van der Waals surface area contributed by atoms with Crippen molar-refractivity contribution in [2.75, 3.05) is 0 Å². The molecule has 0 aromatic heterocycles. The molecule has 0 radical (unpaired) electrons. The van der Waals surface area contributed by atoms with Crippen molar-refractivity contribution >= 4 is 26.8 Å². The molecule has 0 aliphatic rings. The van der Waals surface area contributed by atoms with E-state index in [1.807, 2.05) is 6.92 Å². The molecule has 50 valence electrons. The van der Waals surface area contributed by atoms with Crippen LogP contribution in [0.4, 0.5) is 0 Å². The van der Waals surface area contributed by atoms with Gasteiger partial charge in [0.2, 0.25) is 0 Å². The van der Waals surface area contributed by atoms with Crippen LogP contribution in [0.3, 0.4) is 0 Å². The summed E-state index contributed by atoms with van der Waals surface area (Å²) >= 11 is 3.01. The minimum Gasteiger partial charge on any atom is -0.309 e. The maximum Gasteiger partial charge on any atom is 0.0999 e. The van der Waals surface area contributed by atoms with Crippen molar-refractivity contribution < 1.29 is 0 Å². The molecule has 0 aromatic rings. The zero-order chi connectivity index (χ0) is 7.28. The first-order valence-corrected chi connectivity index (χ1v) is 3.45. The van der Waals surface area contributed by atoms with Gasteiger partial charge < -0.3 is 5.41 Å². The van der Waals surface area contributed by atoms with Gasteiger partial charge in [-0.05, 0) is 34.0 Å². The Balaban J connectivity index is 4.14. The number of hydrogen-bond donors (Lipinski definition) is 2. The van der Waals surface area contributed by atoms with Crippen molar-refractivity contribution in [1.29, 1.82) is 10.8 Å². The smallest absolute Gasteiger partial charge is 0.0999 e. The normalized spacial score (nSPS) is 11.1. The maximum atomic E-state index is 7.10. The fraction of sp³-hybridized carbons (Fsp3) is 0.333. The molecule has 0 fully saturated rings. The van der Waals surface area contributed by atoms with Gasteiger partial charge in [0.25, 0.3) is 0 Å². The van der Waals surface area contributed by atoms with Crippen LogP contribution in [0.15, 0.2) is 11.6 Å². The Labute approximate surface area is 63.1 Å². The highest BCUT2D eigenvalue weighted by Gasteiger charge is 1.94. The summed E-state index contributed by atoms with van der Waals surface area (Å²) in [5.74, 6) is 0. The third-order valence-corrected chi connectivity index (χ3v) is 1.46. The number of halogens is 1. The van der Waals surface area contributed by atoms with E-state index in [1.54, 1.807) is 6.08 Å². The molecule has 3 heteroatoms. The van der Waals surface area contributed by atoms with Crippen LogP contribution < -0.4 is 0 Å².